The molecule has 0 amide bonds. The standard InChI is InChI=1S/C16H19NO2.ClH/c1-10(2)9-19-15-4-3-14-12(5-6-18-14)16(15)13-7-11(13)8-17;/h3-6,11,13H,1,7-9,17H2,2H3;1H/t11-,13+;/m0./s1. The Labute approximate surface area is 125 Å². The van der Waals surface area contributed by atoms with Crippen molar-refractivity contribution in [3.63, 3.8) is 0 Å². The number of ether oxygens (including phenoxy) is 1. The quantitative estimate of drug-likeness (QED) is 0.851. The third-order valence-electron chi connectivity index (χ3n) is 3.71. The van der Waals surface area contributed by atoms with Crippen LogP contribution < -0.4 is 10.5 Å². The predicted molar refractivity (Wildman–Crippen MR) is 83.7 cm³/mol. The van der Waals surface area contributed by atoms with Crippen molar-refractivity contribution < 1.29 is 9.15 Å². The molecular formula is C16H20ClNO2. The molecule has 1 saturated carbocycles. The molecule has 1 aromatic heterocycles. The van der Waals surface area contributed by atoms with Crippen LogP contribution in [-0.4, -0.2) is 13.2 Å². The van der Waals surface area contributed by atoms with Crippen LogP contribution in [0.3, 0.4) is 0 Å². The van der Waals surface area contributed by atoms with Gasteiger partial charge in [-0.15, -0.1) is 12.4 Å². The fourth-order valence-corrected chi connectivity index (χ4v) is 2.62. The van der Waals surface area contributed by atoms with Crippen LogP contribution in [-0.2, 0) is 0 Å². The molecule has 0 saturated heterocycles. The number of fused-ring (bicyclic) bond motifs is 1. The fraction of sp³-hybridized carbons (Fsp3) is 0.375. The molecule has 1 aliphatic rings. The molecule has 2 aromatic rings. The van der Waals surface area contributed by atoms with Gasteiger partial charge in [0.05, 0.1) is 6.26 Å². The molecule has 2 N–H and O–H groups in total. The molecule has 0 aliphatic heterocycles. The van der Waals surface area contributed by atoms with Crippen LogP contribution in [0.2, 0.25) is 0 Å². The first-order valence-electron chi connectivity index (χ1n) is 6.68. The number of rotatable bonds is 5. The average Bonchev–Trinajstić information content (AvgIpc) is 3.02. The first kappa shape index (κ1) is 14.9. The van der Waals surface area contributed by atoms with Crippen molar-refractivity contribution in [2.45, 2.75) is 19.3 Å². The van der Waals surface area contributed by atoms with Gasteiger partial charge in [-0.2, -0.15) is 0 Å². The monoisotopic (exact) mass is 293 g/mol. The number of benzene rings is 1. The van der Waals surface area contributed by atoms with E-state index in [1.165, 1.54) is 5.56 Å². The largest absolute Gasteiger partial charge is 0.489 e. The van der Waals surface area contributed by atoms with Gasteiger partial charge in [0.25, 0.3) is 0 Å². The van der Waals surface area contributed by atoms with E-state index in [2.05, 4.69) is 6.58 Å². The highest BCUT2D eigenvalue weighted by Crippen LogP contribution is 2.52. The van der Waals surface area contributed by atoms with Crippen LogP contribution in [0.5, 0.6) is 5.75 Å². The molecule has 108 valence electrons. The lowest BCUT2D eigenvalue weighted by molar-refractivity contribution is 0.349. The van der Waals surface area contributed by atoms with Crippen LogP contribution in [0.4, 0.5) is 0 Å². The Morgan fingerprint density at radius 3 is 2.90 bits per heavy atom. The maximum atomic E-state index is 5.89. The third kappa shape index (κ3) is 2.69. The second-order valence-corrected chi connectivity index (χ2v) is 5.39. The second-order valence-electron chi connectivity index (χ2n) is 5.39. The van der Waals surface area contributed by atoms with Gasteiger partial charge in [0.1, 0.15) is 17.9 Å². The second kappa shape index (κ2) is 5.90. The van der Waals surface area contributed by atoms with Crippen molar-refractivity contribution in [3.05, 3.63) is 42.2 Å². The van der Waals surface area contributed by atoms with Gasteiger partial charge < -0.3 is 14.9 Å². The molecule has 1 heterocycles. The Morgan fingerprint density at radius 2 is 2.25 bits per heavy atom. The first-order chi connectivity index (χ1) is 9.20. The molecule has 0 radical (unpaired) electrons. The summed E-state index contributed by atoms with van der Waals surface area (Å²) < 4.78 is 11.4. The van der Waals surface area contributed by atoms with Crippen LogP contribution in [0.15, 0.2) is 41.0 Å². The first-order valence-corrected chi connectivity index (χ1v) is 6.68. The van der Waals surface area contributed by atoms with Crippen molar-refractivity contribution in [2.24, 2.45) is 11.7 Å². The fourth-order valence-electron chi connectivity index (χ4n) is 2.62. The maximum Gasteiger partial charge on any atom is 0.134 e. The van der Waals surface area contributed by atoms with Gasteiger partial charge in [-0.1, -0.05) is 6.58 Å². The van der Waals surface area contributed by atoms with Crippen LogP contribution >= 0.6 is 12.4 Å². The van der Waals surface area contributed by atoms with E-state index < -0.39 is 0 Å². The summed E-state index contributed by atoms with van der Waals surface area (Å²) in [5.41, 5.74) is 8.96. The molecule has 4 heteroatoms. The van der Waals surface area contributed by atoms with Crippen molar-refractivity contribution >= 4 is 23.4 Å². The van der Waals surface area contributed by atoms with E-state index in [0.29, 0.717) is 18.4 Å². The van der Waals surface area contributed by atoms with Crippen LogP contribution in [0.1, 0.15) is 24.8 Å². The van der Waals surface area contributed by atoms with Gasteiger partial charge in [-0.25, -0.2) is 0 Å². The highest BCUT2D eigenvalue weighted by Gasteiger charge is 2.40. The Hall–Kier alpha value is -1.45. The number of hydrogen-bond acceptors (Lipinski definition) is 3. The van der Waals surface area contributed by atoms with Gasteiger partial charge in [0.15, 0.2) is 0 Å². The minimum Gasteiger partial charge on any atom is -0.489 e. The topological polar surface area (TPSA) is 48.4 Å². The van der Waals surface area contributed by atoms with Gasteiger partial charge in [0.2, 0.25) is 0 Å². The SMILES string of the molecule is C=C(C)COc1ccc2occc2c1[C@@H]1C[C@H]1CN.Cl. The number of hydrogen-bond donors (Lipinski definition) is 1. The number of furan rings is 1. The van der Waals surface area contributed by atoms with E-state index >= 15 is 0 Å². The van der Waals surface area contributed by atoms with Gasteiger partial charge in [-0.3, -0.25) is 0 Å². The van der Waals surface area contributed by atoms with E-state index in [1.807, 2.05) is 25.1 Å². The molecule has 3 nitrogen and oxygen atoms in total. The normalized spacial score (nSPS) is 20.5. The molecule has 1 fully saturated rings. The van der Waals surface area contributed by atoms with Crippen molar-refractivity contribution in [1.29, 1.82) is 0 Å². The summed E-state index contributed by atoms with van der Waals surface area (Å²) in [5, 5.41) is 1.15. The zero-order valence-electron chi connectivity index (χ0n) is 11.6. The summed E-state index contributed by atoms with van der Waals surface area (Å²) >= 11 is 0. The van der Waals surface area contributed by atoms with Crippen molar-refractivity contribution in [2.75, 3.05) is 13.2 Å². The van der Waals surface area contributed by atoms with Gasteiger partial charge in [-0.05, 0) is 55.5 Å². The highest BCUT2D eigenvalue weighted by atomic mass is 35.5. The molecular weight excluding hydrogens is 274 g/mol. The third-order valence-corrected chi connectivity index (χ3v) is 3.71. The van der Waals surface area contributed by atoms with Gasteiger partial charge >= 0.3 is 0 Å². The summed E-state index contributed by atoms with van der Waals surface area (Å²) in [6, 6.07) is 5.98. The van der Waals surface area contributed by atoms with Crippen molar-refractivity contribution in [1.82, 2.24) is 0 Å². The van der Waals surface area contributed by atoms with E-state index in [0.717, 1.165) is 35.3 Å². The number of nitrogens with two attached hydrogens (primary N) is 1. The average molecular weight is 294 g/mol. The number of halogens is 1. The minimum absolute atomic E-state index is 0. The van der Waals surface area contributed by atoms with E-state index in [1.54, 1.807) is 6.26 Å². The lowest BCUT2D eigenvalue weighted by Gasteiger charge is -2.12. The lowest BCUT2D eigenvalue weighted by atomic mass is 10.0. The van der Waals surface area contributed by atoms with E-state index in [-0.39, 0.29) is 12.4 Å². The van der Waals surface area contributed by atoms with Crippen LogP contribution in [0.25, 0.3) is 11.0 Å². The molecule has 0 unspecified atom stereocenters. The molecule has 1 aliphatic carbocycles. The van der Waals surface area contributed by atoms with E-state index in [4.69, 9.17) is 14.9 Å². The van der Waals surface area contributed by atoms with Crippen molar-refractivity contribution in [3.8, 4) is 5.75 Å². The Kier molecular flexibility index (Phi) is 4.41. The molecule has 0 spiro atoms. The maximum absolute atomic E-state index is 5.89. The summed E-state index contributed by atoms with van der Waals surface area (Å²) in [6.45, 7) is 7.14. The molecule has 1 aromatic carbocycles. The minimum atomic E-state index is 0. The van der Waals surface area contributed by atoms with Gasteiger partial charge in [0, 0.05) is 10.9 Å². The molecule has 2 atom stereocenters. The summed E-state index contributed by atoms with van der Waals surface area (Å²) in [6.07, 6.45) is 2.88. The van der Waals surface area contributed by atoms with E-state index in [9.17, 15) is 0 Å². The molecule has 20 heavy (non-hydrogen) atoms. The summed E-state index contributed by atoms with van der Waals surface area (Å²) in [4.78, 5) is 0. The summed E-state index contributed by atoms with van der Waals surface area (Å²) in [5.74, 6) is 2.02. The zero-order valence-corrected chi connectivity index (χ0v) is 12.4. The Morgan fingerprint density at radius 1 is 1.45 bits per heavy atom. The summed E-state index contributed by atoms with van der Waals surface area (Å²) in [7, 11) is 0. The Balaban J connectivity index is 0.00000147. The smallest absolute Gasteiger partial charge is 0.134 e. The van der Waals surface area contributed by atoms with Crippen LogP contribution in [0, 0.1) is 5.92 Å². The zero-order chi connectivity index (χ0) is 13.4. The Bertz CT molecular complexity index is 620. The molecule has 3 rings (SSSR count). The lowest BCUT2D eigenvalue weighted by Crippen LogP contribution is -2.04. The predicted octanol–water partition coefficient (Wildman–Crippen LogP) is 3.87. The molecule has 0 bridgehead atoms. The highest BCUT2D eigenvalue weighted by molar-refractivity contribution is 5.85.